The first-order chi connectivity index (χ1) is 9.22. The van der Waals surface area contributed by atoms with Gasteiger partial charge in [0.25, 0.3) is 0 Å². The number of aromatic nitrogens is 2. The second-order valence-corrected chi connectivity index (χ2v) is 4.95. The van der Waals surface area contributed by atoms with E-state index in [0.717, 1.165) is 29.2 Å². The molecule has 4 nitrogen and oxygen atoms in total. The molecule has 0 bridgehead atoms. The SMILES string of the molecule is CC(C)NCc1ccc2nc(-c3ccco3)[nH]c2c1. The summed E-state index contributed by atoms with van der Waals surface area (Å²) < 4.78 is 5.35. The summed E-state index contributed by atoms with van der Waals surface area (Å²) in [6, 6.07) is 10.5. The number of imidazole rings is 1. The number of nitrogens with zero attached hydrogens (tertiary/aromatic N) is 1. The van der Waals surface area contributed by atoms with Gasteiger partial charge in [0.1, 0.15) is 0 Å². The molecule has 2 aromatic heterocycles. The molecule has 0 aliphatic rings. The highest BCUT2D eigenvalue weighted by Gasteiger charge is 2.07. The van der Waals surface area contributed by atoms with Crippen LogP contribution in [-0.2, 0) is 6.54 Å². The predicted octanol–water partition coefficient (Wildman–Crippen LogP) is 3.32. The van der Waals surface area contributed by atoms with Crippen molar-refractivity contribution in [3.8, 4) is 11.6 Å². The summed E-state index contributed by atoms with van der Waals surface area (Å²) in [5, 5.41) is 3.41. The lowest BCUT2D eigenvalue weighted by molar-refractivity contribution is 0.578. The van der Waals surface area contributed by atoms with Gasteiger partial charge in [-0.25, -0.2) is 4.98 Å². The fourth-order valence-electron chi connectivity index (χ4n) is 2.02. The second kappa shape index (κ2) is 4.90. The number of rotatable bonds is 4. The Morgan fingerprint density at radius 3 is 2.95 bits per heavy atom. The van der Waals surface area contributed by atoms with Crippen LogP contribution < -0.4 is 5.32 Å². The van der Waals surface area contributed by atoms with Gasteiger partial charge in [-0.1, -0.05) is 19.9 Å². The van der Waals surface area contributed by atoms with Crippen LogP contribution in [0, 0.1) is 0 Å². The Balaban J connectivity index is 1.91. The van der Waals surface area contributed by atoms with Crippen LogP contribution in [0.4, 0.5) is 0 Å². The number of hydrogen-bond donors (Lipinski definition) is 2. The van der Waals surface area contributed by atoms with Crippen molar-refractivity contribution in [1.29, 1.82) is 0 Å². The Bertz CT molecular complexity index is 668. The molecule has 4 heteroatoms. The third-order valence-corrected chi connectivity index (χ3v) is 3.02. The van der Waals surface area contributed by atoms with Crippen molar-refractivity contribution in [2.45, 2.75) is 26.4 Å². The quantitative estimate of drug-likeness (QED) is 0.752. The fourth-order valence-corrected chi connectivity index (χ4v) is 2.02. The minimum absolute atomic E-state index is 0.483. The third kappa shape index (κ3) is 2.53. The summed E-state index contributed by atoms with van der Waals surface area (Å²) in [5.41, 5.74) is 3.24. The van der Waals surface area contributed by atoms with E-state index in [2.05, 4.69) is 41.3 Å². The van der Waals surface area contributed by atoms with Crippen LogP contribution in [0.25, 0.3) is 22.6 Å². The molecule has 0 unspecified atom stereocenters. The highest BCUT2D eigenvalue weighted by atomic mass is 16.3. The van der Waals surface area contributed by atoms with Crippen molar-refractivity contribution in [2.75, 3.05) is 0 Å². The van der Waals surface area contributed by atoms with Gasteiger partial charge >= 0.3 is 0 Å². The highest BCUT2D eigenvalue weighted by molar-refractivity contribution is 5.79. The van der Waals surface area contributed by atoms with Crippen molar-refractivity contribution in [3.05, 3.63) is 42.2 Å². The van der Waals surface area contributed by atoms with Crippen LogP contribution >= 0.6 is 0 Å². The molecular formula is C15H17N3O. The Morgan fingerprint density at radius 1 is 1.32 bits per heavy atom. The Labute approximate surface area is 111 Å². The van der Waals surface area contributed by atoms with E-state index in [1.807, 2.05) is 18.2 Å². The van der Waals surface area contributed by atoms with Gasteiger partial charge in [-0.15, -0.1) is 0 Å². The molecule has 19 heavy (non-hydrogen) atoms. The van der Waals surface area contributed by atoms with Crippen molar-refractivity contribution in [3.63, 3.8) is 0 Å². The first kappa shape index (κ1) is 12.0. The van der Waals surface area contributed by atoms with Crippen LogP contribution in [0.1, 0.15) is 19.4 Å². The predicted molar refractivity (Wildman–Crippen MR) is 75.8 cm³/mol. The maximum Gasteiger partial charge on any atom is 0.174 e. The maximum atomic E-state index is 5.35. The molecule has 0 saturated heterocycles. The molecule has 0 saturated carbocycles. The second-order valence-electron chi connectivity index (χ2n) is 4.95. The molecule has 0 radical (unpaired) electrons. The minimum Gasteiger partial charge on any atom is -0.461 e. The Kier molecular flexibility index (Phi) is 3.09. The van der Waals surface area contributed by atoms with Gasteiger partial charge in [0.05, 0.1) is 17.3 Å². The molecule has 0 atom stereocenters. The number of furan rings is 1. The zero-order valence-corrected chi connectivity index (χ0v) is 11.1. The number of nitrogens with one attached hydrogen (secondary N) is 2. The van der Waals surface area contributed by atoms with Crippen molar-refractivity contribution in [1.82, 2.24) is 15.3 Å². The van der Waals surface area contributed by atoms with Crippen molar-refractivity contribution < 1.29 is 4.42 Å². The normalized spacial score (nSPS) is 11.5. The van der Waals surface area contributed by atoms with Gasteiger partial charge in [0.15, 0.2) is 11.6 Å². The maximum absolute atomic E-state index is 5.35. The number of benzene rings is 1. The Morgan fingerprint density at radius 2 is 2.21 bits per heavy atom. The monoisotopic (exact) mass is 255 g/mol. The van der Waals surface area contributed by atoms with Crippen molar-refractivity contribution >= 4 is 11.0 Å². The topological polar surface area (TPSA) is 53.9 Å². The molecule has 2 N–H and O–H groups in total. The number of aromatic amines is 1. The van der Waals surface area contributed by atoms with E-state index in [1.54, 1.807) is 6.26 Å². The first-order valence-corrected chi connectivity index (χ1v) is 6.48. The molecule has 1 aromatic carbocycles. The van der Waals surface area contributed by atoms with E-state index < -0.39 is 0 Å². The molecule has 98 valence electrons. The van der Waals surface area contributed by atoms with Gasteiger partial charge < -0.3 is 14.7 Å². The summed E-state index contributed by atoms with van der Waals surface area (Å²) in [5.74, 6) is 1.53. The standard InChI is InChI=1S/C15H17N3O/c1-10(2)16-9-11-5-6-12-13(8-11)18-15(17-12)14-4-3-7-19-14/h3-8,10,16H,9H2,1-2H3,(H,17,18). The third-order valence-electron chi connectivity index (χ3n) is 3.02. The van der Waals surface area contributed by atoms with Gasteiger partial charge in [-0.2, -0.15) is 0 Å². The zero-order chi connectivity index (χ0) is 13.2. The van der Waals surface area contributed by atoms with Crippen LogP contribution in [-0.4, -0.2) is 16.0 Å². The fraction of sp³-hybridized carbons (Fsp3) is 0.267. The molecule has 3 aromatic rings. The molecule has 0 aliphatic heterocycles. The molecule has 2 heterocycles. The van der Waals surface area contributed by atoms with Gasteiger partial charge in [0, 0.05) is 12.6 Å². The average Bonchev–Trinajstić information content (AvgIpc) is 3.04. The summed E-state index contributed by atoms with van der Waals surface area (Å²) in [4.78, 5) is 7.82. The van der Waals surface area contributed by atoms with E-state index in [1.165, 1.54) is 5.56 Å². The minimum atomic E-state index is 0.483. The molecule has 0 aliphatic carbocycles. The number of H-pyrrole nitrogens is 1. The van der Waals surface area contributed by atoms with E-state index in [9.17, 15) is 0 Å². The largest absolute Gasteiger partial charge is 0.461 e. The lowest BCUT2D eigenvalue weighted by Crippen LogP contribution is -2.21. The van der Waals surface area contributed by atoms with Gasteiger partial charge in [0.2, 0.25) is 0 Å². The molecule has 0 fully saturated rings. The van der Waals surface area contributed by atoms with E-state index in [-0.39, 0.29) is 0 Å². The van der Waals surface area contributed by atoms with Crippen LogP contribution in [0.2, 0.25) is 0 Å². The molecular weight excluding hydrogens is 238 g/mol. The van der Waals surface area contributed by atoms with E-state index >= 15 is 0 Å². The number of hydrogen-bond acceptors (Lipinski definition) is 3. The van der Waals surface area contributed by atoms with E-state index in [4.69, 9.17) is 4.42 Å². The average molecular weight is 255 g/mol. The molecule has 0 amide bonds. The van der Waals surface area contributed by atoms with Gasteiger partial charge in [-0.3, -0.25) is 0 Å². The molecule has 0 spiro atoms. The van der Waals surface area contributed by atoms with E-state index in [0.29, 0.717) is 6.04 Å². The van der Waals surface area contributed by atoms with Crippen LogP contribution in [0.15, 0.2) is 41.0 Å². The summed E-state index contributed by atoms with van der Waals surface area (Å²) >= 11 is 0. The summed E-state index contributed by atoms with van der Waals surface area (Å²) in [7, 11) is 0. The molecule has 3 rings (SSSR count). The highest BCUT2D eigenvalue weighted by Crippen LogP contribution is 2.21. The lowest BCUT2D eigenvalue weighted by Gasteiger charge is -2.07. The summed E-state index contributed by atoms with van der Waals surface area (Å²) in [6.07, 6.45) is 1.65. The van der Waals surface area contributed by atoms with Crippen LogP contribution in [0.5, 0.6) is 0 Å². The first-order valence-electron chi connectivity index (χ1n) is 6.48. The zero-order valence-electron chi connectivity index (χ0n) is 11.1. The number of fused-ring (bicyclic) bond motifs is 1. The van der Waals surface area contributed by atoms with Gasteiger partial charge in [-0.05, 0) is 29.8 Å². The lowest BCUT2D eigenvalue weighted by atomic mass is 10.2. The Hall–Kier alpha value is -2.07. The van der Waals surface area contributed by atoms with Crippen LogP contribution in [0.3, 0.4) is 0 Å². The van der Waals surface area contributed by atoms with Crippen molar-refractivity contribution in [2.24, 2.45) is 0 Å². The summed E-state index contributed by atoms with van der Waals surface area (Å²) in [6.45, 7) is 5.15. The smallest absolute Gasteiger partial charge is 0.174 e.